The van der Waals surface area contributed by atoms with Gasteiger partial charge < -0.3 is 14.6 Å². The highest BCUT2D eigenvalue weighted by molar-refractivity contribution is 7.89. The van der Waals surface area contributed by atoms with Gasteiger partial charge in [-0.25, -0.2) is 8.42 Å². The molecular weight excluding hydrogens is 282 g/mol. The van der Waals surface area contributed by atoms with E-state index in [4.69, 9.17) is 9.47 Å². The molecule has 6 nitrogen and oxygen atoms in total. The second-order valence-electron chi connectivity index (χ2n) is 4.62. The lowest BCUT2D eigenvalue weighted by Crippen LogP contribution is -2.29. The fraction of sp³-hybridized carbons (Fsp3) is 0.538. The van der Waals surface area contributed by atoms with Crippen LogP contribution in [0.3, 0.4) is 0 Å². The number of hydrogen-bond donors (Lipinski definition) is 1. The van der Waals surface area contributed by atoms with E-state index >= 15 is 0 Å². The van der Waals surface area contributed by atoms with Gasteiger partial charge in [0.15, 0.2) is 0 Å². The Balaban J connectivity index is 2.05. The third kappa shape index (κ3) is 3.49. The molecule has 1 N–H and O–H groups in total. The Morgan fingerprint density at radius 1 is 1.30 bits per heavy atom. The Morgan fingerprint density at radius 3 is 2.55 bits per heavy atom. The molecular formula is C13H19NO5S. The zero-order valence-corrected chi connectivity index (χ0v) is 12.2. The summed E-state index contributed by atoms with van der Waals surface area (Å²) in [6, 6.07) is 6.27. The molecule has 0 spiro atoms. The summed E-state index contributed by atoms with van der Waals surface area (Å²) in [5.41, 5.74) is 0. The van der Waals surface area contributed by atoms with E-state index in [1.807, 2.05) is 0 Å². The number of hydrogen-bond acceptors (Lipinski definition) is 5. The maximum Gasteiger partial charge on any atom is 0.243 e. The minimum Gasteiger partial charge on any atom is -0.491 e. The highest BCUT2D eigenvalue weighted by atomic mass is 32.2. The van der Waals surface area contributed by atoms with Gasteiger partial charge in [-0.05, 0) is 30.7 Å². The number of β-amino-alcohol motifs (C(OH)–C–C–N with tert-alkyl or cyclic N) is 1. The van der Waals surface area contributed by atoms with E-state index in [2.05, 4.69) is 0 Å². The summed E-state index contributed by atoms with van der Waals surface area (Å²) in [5.74, 6) is 0.599. The van der Waals surface area contributed by atoms with Crippen LogP contribution >= 0.6 is 0 Å². The molecule has 1 heterocycles. The number of rotatable bonds is 6. The molecule has 2 rings (SSSR count). The monoisotopic (exact) mass is 301 g/mol. The third-order valence-electron chi connectivity index (χ3n) is 3.14. The highest BCUT2D eigenvalue weighted by Crippen LogP contribution is 2.23. The van der Waals surface area contributed by atoms with Crippen LogP contribution in [-0.2, 0) is 14.8 Å². The van der Waals surface area contributed by atoms with Crippen molar-refractivity contribution in [3.05, 3.63) is 24.3 Å². The summed E-state index contributed by atoms with van der Waals surface area (Å²) in [6.45, 7) is 1.41. The van der Waals surface area contributed by atoms with Crippen LogP contribution in [0.2, 0.25) is 0 Å². The van der Waals surface area contributed by atoms with Gasteiger partial charge in [0.2, 0.25) is 10.0 Å². The van der Waals surface area contributed by atoms with Crippen molar-refractivity contribution >= 4 is 10.0 Å². The molecule has 0 aromatic heterocycles. The number of aliphatic hydroxyl groups is 1. The van der Waals surface area contributed by atoms with Gasteiger partial charge in [0, 0.05) is 20.2 Å². The van der Waals surface area contributed by atoms with Crippen LogP contribution in [0.25, 0.3) is 0 Å². The predicted molar refractivity (Wildman–Crippen MR) is 73.2 cm³/mol. The van der Waals surface area contributed by atoms with Crippen LogP contribution in [0.1, 0.15) is 6.42 Å². The van der Waals surface area contributed by atoms with Crippen LogP contribution in [-0.4, -0.2) is 57.3 Å². The molecule has 0 radical (unpaired) electrons. The second-order valence-corrected chi connectivity index (χ2v) is 6.56. The van der Waals surface area contributed by atoms with Gasteiger partial charge in [0.1, 0.15) is 12.4 Å². The lowest BCUT2D eigenvalue weighted by Gasteiger charge is -2.16. The molecule has 1 fully saturated rings. The first-order chi connectivity index (χ1) is 9.54. The van der Waals surface area contributed by atoms with Crippen LogP contribution in [0.5, 0.6) is 5.75 Å². The zero-order chi connectivity index (χ0) is 14.6. The molecule has 1 aliphatic rings. The van der Waals surface area contributed by atoms with Crippen molar-refractivity contribution in [1.29, 1.82) is 0 Å². The number of nitrogens with zero attached hydrogens (tertiary/aromatic N) is 1. The molecule has 1 aliphatic heterocycles. The van der Waals surface area contributed by atoms with Gasteiger partial charge in [-0.2, -0.15) is 4.31 Å². The lowest BCUT2D eigenvalue weighted by molar-refractivity contribution is 0.146. The lowest BCUT2D eigenvalue weighted by atomic mass is 10.3. The van der Waals surface area contributed by atoms with Crippen LogP contribution in [0.4, 0.5) is 0 Å². The predicted octanol–water partition coefficient (Wildman–Crippen LogP) is 0.467. The summed E-state index contributed by atoms with van der Waals surface area (Å²) in [6.07, 6.45) is -0.0846. The first-order valence-electron chi connectivity index (χ1n) is 6.44. The van der Waals surface area contributed by atoms with E-state index in [1.165, 1.54) is 16.4 Å². The standard InChI is InChI=1S/C13H19NO5S/c1-18-8-9-19-12-2-4-13(5-3-12)20(16,17)14-7-6-11(15)10-14/h2-5,11,15H,6-10H2,1H3/t11-/m0/s1. The van der Waals surface area contributed by atoms with Crippen LogP contribution < -0.4 is 4.74 Å². The van der Waals surface area contributed by atoms with Crippen LogP contribution in [0.15, 0.2) is 29.2 Å². The normalized spacial score (nSPS) is 20.2. The summed E-state index contributed by atoms with van der Waals surface area (Å²) in [5, 5.41) is 9.44. The molecule has 1 aromatic rings. The molecule has 7 heteroatoms. The SMILES string of the molecule is COCCOc1ccc(S(=O)(=O)N2CC[C@H](O)C2)cc1. The van der Waals surface area contributed by atoms with Crippen molar-refractivity contribution in [1.82, 2.24) is 4.31 Å². The Hall–Kier alpha value is -1.15. The summed E-state index contributed by atoms with van der Waals surface area (Å²) < 4.78 is 36.2. The quantitative estimate of drug-likeness (QED) is 0.773. The van der Waals surface area contributed by atoms with Gasteiger partial charge in [0.05, 0.1) is 17.6 Å². The van der Waals surface area contributed by atoms with Crippen LogP contribution in [0, 0.1) is 0 Å². The van der Waals surface area contributed by atoms with Gasteiger partial charge >= 0.3 is 0 Å². The molecule has 1 atom stereocenters. The fourth-order valence-corrected chi connectivity index (χ4v) is 3.52. The van der Waals surface area contributed by atoms with E-state index in [0.29, 0.717) is 31.9 Å². The Kier molecular flexibility index (Phi) is 4.98. The maximum atomic E-state index is 12.3. The molecule has 0 saturated carbocycles. The van der Waals surface area contributed by atoms with Crippen molar-refractivity contribution < 1.29 is 23.0 Å². The van der Waals surface area contributed by atoms with E-state index in [0.717, 1.165) is 0 Å². The highest BCUT2D eigenvalue weighted by Gasteiger charge is 2.31. The topological polar surface area (TPSA) is 76.1 Å². The second kappa shape index (κ2) is 6.53. The van der Waals surface area contributed by atoms with Crippen molar-refractivity contribution in [2.75, 3.05) is 33.4 Å². The maximum absolute atomic E-state index is 12.3. The first kappa shape index (κ1) is 15.2. The van der Waals surface area contributed by atoms with Gasteiger partial charge in [-0.1, -0.05) is 0 Å². The van der Waals surface area contributed by atoms with Gasteiger partial charge in [0.25, 0.3) is 0 Å². The Morgan fingerprint density at radius 2 is 2.00 bits per heavy atom. The van der Waals surface area contributed by atoms with Gasteiger partial charge in [-0.15, -0.1) is 0 Å². The average Bonchev–Trinajstić information content (AvgIpc) is 2.87. The first-order valence-corrected chi connectivity index (χ1v) is 7.88. The molecule has 1 aromatic carbocycles. The number of benzene rings is 1. The molecule has 0 amide bonds. The molecule has 0 bridgehead atoms. The zero-order valence-electron chi connectivity index (χ0n) is 11.4. The summed E-state index contributed by atoms with van der Waals surface area (Å²) in [4.78, 5) is 0.214. The minimum atomic E-state index is -3.52. The summed E-state index contributed by atoms with van der Waals surface area (Å²) in [7, 11) is -1.93. The average molecular weight is 301 g/mol. The van der Waals surface area contributed by atoms with E-state index in [9.17, 15) is 13.5 Å². The van der Waals surface area contributed by atoms with Crippen molar-refractivity contribution in [2.24, 2.45) is 0 Å². The molecule has 1 saturated heterocycles. The van der Waals surface area contributed by atoms with Crippen molar-refractivity contribution in [3.63, 3.8) is 0 Å². The smallest absolute Gasteiger partial charge is 0.243 e. The van der Waals surface area contributed by atoms with Crippen molar-refractivity contribution in [2.45, 2.75) is 17.4 Å². The number of sulfonamides is 1. The number of methoxy groups -OCH3 is 1. The van der Waals surface area contributed by atoms with E-state index in [-0.39, 0.29) is 11.4 Å². The third-order valence-corrected chi connectivity index (χ3v) is 5.02. The molecule has 112 valence electrons. The largest absolute Gasteiger partial charge is 0.491 e. The molecule has 0 unspecified atom stereocenters. The van der Waals surface area contributed by atoms with Crippen molar-refractivity contribution in [3.8, 4) is 5.75 Å². The van der Waals surface area contributed by atoms with E-state index < -0.39 is 16.1 Å². The Labute approximate surface area is 119 Å². The number of ether oxygens (including phenoxy) is 2. The fourth-order valence-electron chi connectivity index (χ4n) is 2.03. The number of aliphatic hydroxyl groups excluding tert-OH is 1. The summed E-state index contributed by atoms with van der Waals surface area (Å²) >= 11 is 0. The molecule has 0 aliphatic carbocycles. The minimum absolute atomic E-state index is 0.161. The van der Waals surface area contributed by atoms with E-state index in [1.54, 1.807) is 19.2 Å². The Bertz CT molecular complexity index is 528. The molecule has 20 heavy (non-hydrogen) atoms. The van der Waals surface area contributed by atoms with Gasteiger partial charge in [-0.3, -0.25) is 0 Å².